The minimum Gasteiger partial charge on any atom is -0.444 e. The van der Waals surface area contributed by atoms with E-state index in [0.29, 0.717) is 24.2 Å². The van der Waals surface area contributed by atoms with E-state index in [4.69, 9.17) is 4.74 Å². The van der Waals surface area contributed by atoms with Crippen LogP contribution >= 0.6 is 0 Å². The molecule has 1 N–H and O–H groups in total. The summed E-state index contributed by atoms with van der Waals surface area (Å²) in [5.74, 6) is 0.314. The minimum absolute atomic E-state index is 0.0961. The van der Waals surface area contributed by atoms with Gasteiger partial charge >= 0.3 is 6.09 Å². The number of aldehydes is 1. The molecule has 0 atom stereocenters. The molecule has 2 amide bonds. The molecule has 1 aromatic heterocycles. The number of anilines is 1. The molecule has 0 fully saturated rings. The third-order valence-corrected chi connectivity index (χ3v) is 3.03. The first-order valence-electron chi connectivity index (χ1n) is 7.84. The Morgan fingerprint density at radius 2 is 2.00 bits per heavy atom. The Hall–Kier alpha value is -2.44. The van der Waals surface area contributed by atoms with Crippen LogP contribution in [0.1, 0.15) is 45.4 Å². The van der Waals surface area contributed by atoms with Gasteiger partial charge in [0.2, 0.25) is 5.91 Å². The highest BCUT2D eigenvalue weighted by Gasteiger charge is 2.22. The second-order valence-corrected chi connectivity index (χ2v) is 6.40. The van der Waals surface area contributed by atoms with Gasteiger partial charge < -0.3 is 14.8 Å². The van der Waals surface area contributed by atoms with Crippen molar-refractivity contribution in [2.75, 3.05) is 11.9 Å². The molecule has 0 aliphatic heterocycles. The molecule has 24 heavy (non-hydrogen) atoms. The van der Waals surface area contributed by atoms with E-state index in [1.165, 1.54) is 4.90 Å². The van der Waals surface area contributed by atoms with Gasteiger partial charge in [-0.3, -0.25) is 9.69 Å². The highest BCUT2D eigenvalue weighted by Crippen LogP contribution is 2.16. The molecular formula is C17H25N3O4. The normalized spacial score (nSPS) is 10.9. The van der Waals surface area contributed by atoms with E-state index in [1.54, 1.807) is 33.8 Å². The molecule has 0 bridgehead atoms. The van der Waals surface area contributed by atoms with E-state index in [2.05, 4.69) is 10.3 Å². The first kappa shape index (κ1) is 19.6. The number of nitrogens with zero attached hydrogens (tertiary/aromatic N) is 2. The summed E-state index contributed by atoms with van der Waals surface area (Å²) in [6, 6.07) is 3.56. The first-order chi connectivity index (χ1) is 11.2. The lowest BCUT2D eigenvalue weighted by Crippen LogP contribution is -2.37. The van der Waals surface area contributed by atoms with Crippen LogP contribution in [0.15, 0.2) is 12.1 Å². The van der Waals surface area contributed by atoms with E-state index in [0.717, 1.165) is 5.56 Å². The minimum atomic E-state index is -0.654. The van der Waals surface area contributed by atoms with E-state index >= 15 is 0 Å². The molecule has 7 nitrogen and oxygen atoms in total. The van der Waals surface area contributed by atoms with Crippen LogP contribution in [0.4, 0.5) is 10.6 Å². The predicted molar refractivity (Wildman–Crippen MR) is 90.6 cm³/mol. The van der Waals surface area contributed by atoms with Crippen molar-refractivity contribution in [3.05, 3.63) is 23.4 Å². The molecule has 0 spiro atoms. The lowest BCUT2D eigenvalue weighted by Gasteiger charge is -2.26. The molecular weight excluding hydrogens is 310 g/mol. The van der Waals surface area contributed by atoms with Gasteiger partial charge in [0.15, 0.2) is 0 Å². The van der Waals surface area contributed by atoms with Crippen molar-refractivity contribution in [3.8, 4) is 0 Å². The average molecular weight is 335 g/mol. The molecule has 0 aromatic carbocycles. The van der Waals surface area contributed by atoms with Crippen LogP contribution in [0, 0.1) is 6.92 Å². The molecule has 0 aliphatic carbocycles. The number of pyridine rings is 1. The average Bonchev–Trinajstić information content (AvgIpc) is 2.48. The predicted octanol–water partition coefficient (Wildman–Crippen LogP) is 2.67. The maximum absolute atomic E-state index is 12.2. The Balaban J connectivity index is 2.94. The number of carbonyl (C=O) groups is 3. The molecule has 0 unspecified atom stereocenters. The maximum atomic E-state index is 12.2. The Morgan fingerprint density at radius 3 is 2.54 bits per heavy atom. The number of rotatable bonds is 6. The molecule has 0 radical (unpaired) electrons. The van der Waals surface area contributed by atoms with E-state index in [9.17, 15) is 14.4 Å². The number of carbonyl (C=O) groups excluding carboxylic acids is 3. The molecule has 7 heteroatoms. The van der Waals surface area contributed by atoms with Gasteiger partial charge in [-0.2, -0.15) is 0 Å². The van der Waals surface area contributed by atoms with Gasteiger partial charge in [-0.25, -0.2) is 9.78 Å². The number of aromatic nitrogens is 1. The maximum Gasteiger partial charge on any atom is 0.411 e. The van der Waals surface area contributed by atoms with Crippen LogP contribution in [-0.4, -0.2) is 40.3 Å². The molecule has 1 aromatic rings. The van der Waals surface area contributed by atoms with Crippen molar-refractivity contribution in [1.82, 2.24) is 9.88 Å². The summed E-state index contributed by atoms with van der Waals surface area (Å²) in [6.07, 6.45) is 0.398. The summed E-state index contributed by atoms with van der Waals surface area (Å²) in [4.78, 5) is 40.2. The van der Waals surface area contributed by atoms with Gasteiger partial charge in [0.1, 0.15) is 17.7 Å². The van der Waals surface area contributed by atoms with Gasteiger partial charge in [-0.05, 0) is 39.3 Å². The van der Waals surface area contributed by atoms with Crippen molar-refractivity contribution in [2.24, 2.45) is 0 Å². The quantitative estimate of drug-likeness (QED) is 0.807. The number of aryl methyl sites for hydroxylation is 1. The van der Waals surface area contributed by atoms with E-state index < -0.39 is 11.7 Å². The zero-order valence-electron chi connectivity index (χ0n) is 14.9. The van der Waals surface area contributed by atoms with Crippen LogP contribution in [0.25, 0.3) is 0 Å². The zero-order chi connectivity index (χ0) is 18.3. The van der Waals surface area contributed by atoms with Gasteiger partial charge in [-0.15, -0.1) is 0 Å². The fourth-order valence-electron chi connectivity index (χ4n) is 1.82. The SMILES string of the molecule is CCC(=O)Nc1nc(CN(CC=O)C(=O)OC(C)(C)C)ccc1C. The van der Waals surface area contributed by atoms with Crippen molar-refractivity contribution >= 4 is 24.1 Å². The van der Waals surface area contributed by atoms with E-state index in [1.807, 2.05) is 13.0 Å². The fourth-order valence-corrected chi connectivity index (χ4v) is 1.82. The second kappa shape index (κ2) is 8.42. The van der Waals surface area contributed by atoms with E-state index in [-0.39, 0.29) is 19.0 Å². The highest BCUT2D eigenvalue weighted by atomic mass is 16.6. The van der Waals surface area contributed by atoms with Crippen LogP contribution in [0.2, 0.25) is 0 Å². The molecule has 0 aliphatic rings. The van der Waals surface area contributed by atoms with Crippen molar-refractivity contribution in [2.45, 2.75) is 53.2 Å². The smallest absolute Gasteiger partial charge is 0.411 e. The summed E-state index contributed by atoms with van der Waals surface area (Å²) in [5, 5.41) is 2.72. The van der Waals surface area contributed by atoms with Crippen molar-refractivity contribution in [3.63, 3.8) is 0 Å². The molecule has 132 valence electrons. The summed E-state index contributed by atoms with van der Waals surface area (Å²) in [7, 11) is 0. The van der Waals surface area contributed by atoms with Crippen molar-refractivity contribution < 1.29 is 19.1 Å². The molecule has 1 heterocycles. The standard InChI is InChI=1S/C17H25N3O4/c1-6-14(22)19-15-12(2)7-8-13(18-15)11-20(9-10-21)16(23)24-17(3,4)5/h7-8,10H,6,9,11H2,1-5H3,(H,18,19,22). The third-order valence-electron chi connectivity index (χ3n) is 3.03. The Bertz CT molecular complexity index is 608. The molecule has 1 rings (SSSR count). The van der Waals surface area contributed by atoms with Gasteiger partial charge in [0, 0.05) is 6.42 Å². The number of ether oxygens (including phenoxy) is 1. The summed E-state index contributed by atoms with van der Waals surface area (Å²) in [6.45, 7) is 8.87. The fraction of sp³-hybridized carbons (Fsp3) is 0.529. The molecule has 0 saturated carbocycles. The van der Waals surface area contributed by atoms with Crippen LogP contribution in [0.5, 0.6) is 0 Å². The number of amides is 2. The number of nitrogens with one attached hydrogen (secondary N) is 1. The van der Waals surface area contributed by atoms with Crippen LogP contribution in [-0.2, 0) is 20.9 Å². The number of hydrogen-bond donors (Lipinski definition) is 1. The lowest BCUT2D eigenvalue weighted by molar-refractivity contribution is -0.116. The largest absolute Gasteiger partial charge is 0.444 e. The summed E-state index contributed by atoms with van der Waals surface area (Å²) < 4.78 is 5.29. The van der Waals surface area contributed by atoms with Crippen molar-refractivity contribution in [1.29, 1.82) is 0 Å². The second-order valence-electron chi connectivity index (χ2n) is 6.40. The summed E-state index contributed by atoms with van der Waals surface area (Å²) >= 11 is 0. The molecule has 0 saturated heterocycles. The zero-order valence-corrected chi connectivity index (χ0v) is 14.9. The Morgan fingerprint density at radius 1 is 1.33 bits per heavy atom. The Kier molecular flexibility index (Phi) is 6.88. The first-order valence-corrected chi connectivity index (χ1v) is 7.84. The monoisotopic (exact) mass is 335 g/mol. The third kappa shape index (κ3) is 6.36. The van der Waals surface area contributed by atoms with Crippen LogP contribution in [0.3, 0.4) is 0 Å². The van der Waals surface area contributed by atoms with Gasteiger partial charge in [-0.1, -0.05) is 13.0 Å². The highest BCUT2D eigenvalue weighted by molar-refractivity contribution is 5.90. The number of hydrogen-bond acceptors (Lipinski definition) is 5. The Labute approximate surface area is 142 Å². The van der Waals surface area contributed by atoms with Gasteiger partial charge in [0.05, 0.1) is 18.8 Å². The van der Waals surface area contributed by atoms with Gasteiger partial charge in [0.25, 0.3) is 0 Å². The lowest BCUT2D eigenvalue weighted by atomic mass is 10.2. The topological polar surface area (TPSA) is 88.6 Å². The summed E-state index contributed by atoms with van der Waals surface area (Å²) in [5.41, 5.74) is 0.721. The van der Waals surface area contributed by atoms with Crippen LogP contribution < -0.4 is 5.32 Å².